The number of alkyl halides is 2. The number of carbonyl (C=O) groups excluding carboxylic acids is 2. The molecule has 1 atom stereocenters. The first-order valence-corrected chi connectivity index (χ1v) is 8.39. The van der Waals surface area contributed by atoms with Crippen LogP contribution in [0.15, 0.2) is 30.5 Å². The van der Waals surface area contributed by atoms with Gasteiger partial charge in [0.25, 0.3) is 11.8 Å². The topological polar surface area (TPSA) is 121 Å². The summed E-state index contributed by atoms with van der Waals surface area (Å²) in [5, 5.41) is 11.9. The molecule has 0 bridgehead atoms. The molecule has 2 aromatic rings. The highest BCUT2D eigenvalue weighted by Gasteiger charge is 2.47. The molecule has 2 amide bonds. The Labute approximate surface area is 158 Å². The van der Waals surface area contributed by atoms with Gasteiger partial charge in [-0.05, 0) is 17.7 Å². The molecule has 28 heavy (non-hydrogen) atoms. The van der Waals surface area contributed by atoms with E-state index in [1.54, 1.807) is 24.3 Å². The highest BCUT2D eigenvalue weighted by Crippen LogP contribution is 2.31. The molecule has 0 radical (unpaired) electrons. The van der Waals surface area contributed by atoms with Gasteiger partial charge in [0.2, 0.25) is 5.91 Å². The predicted octanol–water partition coefficient (Wildman–Crippen LogP) is 1.11. The van der Waals surface area contributed by atoms with Crippen molar-refractivity contribution in [3.8, 4) is 6.07 Å². The Kier molecular flexibility index (Phi) is 5.48. The van der Waals surface area contributed by atoms with E-state index in [1.165, 1.54) is 12.3 Å². The fraction of sp³-hybridized carbons (Fsp3) is 0.333. The normalized spacial score (nSPS) is 18.1. The highest BCUT2D eigenvalue weighted by molar-refractivity contribution is 6.06. The molecule has 1 fully saturated rings. The van der Waals surface area contributed by atoms with Crippen LogP contribution in [0.5, 0.6) is 0 Å². The van der Waals surface area contributed by atoms with E-state index in [0.29, 0.717) is 10.9 Å². The second kappa shape index (κ2) is 7.84. The summed E-state index contributed by atoms with van der Waals surface area (Å²) in [4.78, 5) is 34.3. The summed E-state index contributed by atoms with van der Waals surface area (Å²) in [6.07, 6.45) is 0.742. The predicted molar refractivity (Wildman–Crippen MR) is 93.7 cm³/mol. The Morgan fingerprint density at radius 1 is 1.43 bits per heavy atom. The molecule has 0 spiro atoms. The summed E-state index contributed by atoms with van der Waals surface area (Å²) in [5.41, 5.74) is 1.59. The third-order valence-corrected chi connectivity index (χ3v) is 4.44. The Bertz CT molecular complexity index is 960. The third-order valence-electron chi connectivity index (χ3n) is 4.44. The molecule has 2 heterocycles. The largest absolute Gasteiger partial charge is 0.343 e. The van der Waals surface area contributed by atoms with Crippen LogP contribution in [0, 0.1) is 11.3 Å². The summed E-state index contributed by atoms with van der Waals surface area (Å²) in [5.74, 6) is 0.656. The fourth-order valence-electron chi connectivity index (χ4n) is 3.12. The monoisotopic (exact) mass is 389 g/mol. The summed E-state index contributed by atoms with van der Waals surface area (Å²) in [6.45, 7) is -1.14. The first-order chi connectivity index (χ1) is 13.3. The van der Waals surface area contributed by atoms with Crippen molar-refractivity contribution in [3.63, 3.8) is 0 Å². The third kappa shape index (κ3) is 4.05. The molecule has 1 unspecified atom stereocenters. The van der Waals surface area contributed by atoms with E-state index in [1.807, 2.05) is 0 Å². The van der Waals surface area contributed by atoms with Crippen molar-refractivity contribution in [3.05, 3.63) is 41.6 Å². The number of amides is 2. The Balaban J connectivity index is 1.71. The van der Waals surface area contributed by atoms with E-state index in [2.05, 4.69) is 15.1 Å². The van der Waals surface area contributed by atoms with Crippen LogP contribution in [0.2, 0.25) is 0 Å². The van der Waals surface area contributed by atoms with Crippen molar-refractivity contribution in [1.82, 2.24) is 15.2 Å². The van der Waals surface area contributed by atoms with Crippen LogP contribution < -0.4 is 11.2 Å². The molecular weight excluding hydrogens is 372 g/mol. The highest BCUT2D eigenvalue weighted by atomic mass is 19.3. The Hall–Kier alpha value is -3.16. The van der Waals surface area contributed by atoms with Gasteiger partial charge in [-0.1, -0.05) is 12.1 Å². The van der Waals surface area contributed by atoms with E-state index in [4.69, 9.17) is 11.2 Å². The molecule has 146 valence electrons. The van der Waals surface area contributed by atoms with Gasteiger partial charge in [-0.25, -0.2) is 14.7 Å². The van der Waals surface area contributed by atoms with Crippen molar-refractivity contribution in [2.45, 2.75) is 25.0 Å². The lowest BCUT2D eigenvalue weighted by Gasteiger charge is -2.19. The van der Waals surface area contributed by atoms with Crippen LogP contribution in [0.25, 0.3) is 10.9 Å². The molecule has 0 saturated carbocycles. The number of aromatic nitrogens is 1. The van der Waals surface area contributed by atoms with E-state index >= 15 is 0 Å². The first kappa shape index (κ1) is 19.6. The molecule has 3 N–H and O–H groups in total. The maximum Gasteiger partial charge on any atom is 0.268 e. The Morgan fingerprint density at radius 2 is 2.21 bits per heavy atom. The molecule has 3 rings (SSSR count). The lowest BCUT2D eigenvalue weighted by atomic mass is 10.1. The average Bonchev–Trinajstić information content (AvgIpc) is 3.00. The summed E-state index contributed by atoms with van der Waals surface area (Å²) in [7, 11) is 0. The van der Waals surface area contributed by atoms with Gasteiger partial charge >= 0.3 is 0 Å². The average molecular weight is 389 g/mol. The summed E-state index contributed by atoms with van der Waals surface area (Å²) >= 11 is 0. The van der Waals surface area contributed by atoms with Gasteiger partial charge in [0.05, 0.1) is 36.8 Å². The number of hydrogen-bond donors (Lipinski definition) is 2. The zero-order valence-corrected chi connectivity index (χ0v) is 14.7. The van der Waals surface area contributed by atoms with Gasteiger partial charge in [-0.3, -0.25) is 19.4 Å². The van der Waals surface area contributed by atoms with Gasteiger partial charge in [-0.15, -0.1) is 0 Å². The van der Waals surface area contributed by atoms with Crippen molar-refractivity contribution in [1.29, 1.82) is 5.26 Å². The lowest BCUT2D eigenvalue weighted by Crippen LogP contribution is -2.43. The van der Waals surface area contributed by atoms with E-state index < -0.39 is 43.3 Å². The number of hydrogen-bond acceptors (Lipinski definition) is 6. The number of halogens is 2. The van der Waals surface area contributed by atoms with Crippen LogP contribution in [-0.2, 0) is 16.2 Å². The number of likely N-dealkylation sites (tertiary alicyclic amines) is 1. The van der Waals surface area contributed by atoms with Crippen molar-refractivity contribution < 1.29 is 23.2 Å². The summed E-state index contributed by atoms with van der Waals surface area (Å²) < 4.78 is 26.9. The van der Waals surface area contributed by atoms with E-state index in [-0.39, 0.29) is 12.2 Å². The second-order valence-corrected chi connectivity index (χ2v) is 6.43. The van der Waals surface area contributed by atoms with Crippen molar-refractivity contribution in [2.75, 3.05) is 13.1 Å². The van der Waals surface area contributed by atoms with Gasteiger partial charge < -0.3 is 10.2 Å². The smallest absolute Gasteiger partial charge is 0.268 e. The number of pyridine rings is 1. The first-order valence-electron chi connectivity index (χ1n) is 8.39. The van der Waals surface area contributed by atoms with Crippen LogP contribution in [-0.4, -0.2) is 46.8 Å². The quantitative estimate of drug-likeness (QED) is 0.739. The van der Waals surface area contributed by atoms with Gasteiger partial charge in [0, 0.05) is 18.0 Å². The maximum atomic E-state index is 13.5. The number of rotatable bonds is 5. The Morgan fingerprint density at radius 3 is 2.93 bits per heavy atom. The van der Waals surface area contributed by atoms with Crippen LogP contribution in [0.4, 0.5) is 8.78 Å². The van der Waals surface area contributed by atoms with Gasteiger partial charge in [0.1, 0.15) is 6.04 Å². The molecule has 10 heteroatoms. The number of benzene rings is 1. The molecular formula is C18H17F2N5O3. The molecule has 1 aromatic carbocycles. The van der Waals surface area contributed by atoms with Crippen LogP contribution in [0.3, 0.4) is 0 Å². The lowest BCUT2D eigenvalue weighted by molar-refractivity contribution is -0.131. The number of fused-ring (bicyclic) bond motifs is 1. The van der Waals surface area contributed by atoms with Crippen LogP contribution in [0.1, 0.15) is 22.3 Å². The van der Waals surface area contributed by atoms with Crippen LogP contribution >= 0.6 is 0 Å². The van der Waals surface area contributed by atoms with E-state index in [9.17, 15) is 18.4 Å². The SMILES string of the molecule is N#CC1CC(F)(F)CN1C(=O)CNC(=O)c1ccnc2cc(CON)ccc12. The minimum atomic E-state index is -3.10. The summed E-state index contributed by atoms with van der Waals surface area (Å²) in [6, 6.07) is 7.10. The number of carbonyl (C=O) groups is 2. The number of nitrogens with two attached hydrogens (primary N) is 1. The fourth-order valence-corrected chi connectivity index (χ4v) is 3.12. The number of nitrogens with zero attached hydrogens (tertiary/aromatic N) is 3. The van der Waals surface area contributed by atoms with Crippen molar-refractivity contribution >= 4 is 22.7 Å². The standard InChI is InChI=1S/C18H17F2N5O3/c19-18(20)6-12(7-21)25(10-18)16(26)8-24-17(27)14-3-4-23-15-5-11(9-28-22)1-2-13(14)15/h1-5,12H,6,8-10,22H2,(H,24,27). The molecule has 1 aliphatic rings. The van der Waals surface area contributed by atoms with Gasteiger partial charge in [-0.2, -0.15) is 5.26 Å². The zero-order chi connectivity index (χ0) is 20.3. The van der Waals surface area contributed by atoms with Gasteiger partial charge in [0.15, 0.2) is 0 Å². The molecule has 0 aliphatic carbocycles. The number of nitrogens with one attached hydrogen (secondary N) is 1. The molecule has 1 aliphatic heterocycles. The minimum Gasteiger partial charge on any atom is -0.343 e. The van der Waals surface area contributed by atoms with E-state index in [0.717, 1.165) is 10.5 Å². The zero-order valence-electron chi connectivity index (χ0n) is 14.7. The molecule has 8 nitrogen and oxygen atoms in total. The van der Waals surface area contributed by atoms with Crippen molar-refractivity contribution in [2.24, 2.45) is 5.90 Å². The number of nitriles is 1. The molecule has 1 saturated heterocycles. The minimum absolute atomic E-state index is 0.184. The second-order valence-electron chi connectivity index (χ2n) is 6.43. The molecule has 1 aromatic heterocycles. The maximum absolute atomic E-state index is 13.5.